The molecule has 0 saturated heterocycles. The van der Waals surface area contributed by atoms with Crippen LogP contribution >= 0.6 is 0 Å². The number of carbonyl (C=O) groups is 1. The van der Waals surface area contributed by atoms with Crippen LogP contribution in [0.2, 0.25) is 0 Å². The van der Waals surface area contributed by atoms with Crippen molar-refractivity contribution in [2.75, 3.05) is 30.3 Å². The quantitative estimate of drug-likeness (QED) is 0.623. The van der Waals surface area contributed by atoms with Crippen molar-refractivity contribution in [1.29, 1.82) is 0 Å². The first-order valence-electron chi connectivity index (χ1n) is 6.45. The molecule has 0 spiro atoms. The van der Waals surface area contributed by atoms with Gasteiger partial charge in [0.2, 0.25) is 0 Å². The third-order valence-electron chi connectivity index (χ3n) is 2.73. The number of nitrogens with zero attached hydrogens (tertiary/aromatic N) is 1. The second-order valence-electron chi connectivity index (χ2n) is 4.08. The van der Waals surface area contributed by atoms with Gasteiger partial charge in [0.1, 0.15) is 0 Å². The summed E-state index contributed by atoms with van der Waals surface area (Å²) in [6.07, 6.45) is 1.03. The zero-order valence-electron chi connectivity index (χ0n) is 11.4. The summed E-state index contributed by atoms with van der Waals surface area (Å²) in [5.74, 6) is -0.311. The van der Waals surface area contributed by atoms with Crippen molar-refractivity contribution in [3.63, 3.8) is 0 Å². The van der Waals surface area contributed by atoms with Crippen LogP contribution in [-0.4, -0.2) is 25.7 Å². The molecule has 0 bridgehead atoms. The van der Waals surface area contributed by atoms with Crippen LogP contribution in [0.1, 0.15) is 37.6 Å². The maximum atomic E-state index is 11.9. The molecule has 0 aromatic heterocycles. The molecular weight excluding hydrogens is 228 g/mol. The Hall–Kier alpha value is -1.71. The van der Waals surface area contributed by atoms with Crippen molar-refractivity contribution in [3.8, 4) is 0 Å². The number of esters is 1. The van der Waals surface area contributed by atoms with E-state index in [4.69, 9.17) is 10.5 Å². The van der Waals surface area contributed by atoms with Gasteiger partial charge in [-0.1, -0.05) is 6.92 Å². The average molecular weight is 250 g/mol. The first-order valence-corrected chi connectivity index (χ1v) is 6.45. The van der Waals surface area contributed by atoms with Gasteiger partial charge < -0.3 is 15.4 Å². The van der Waals surface area contributed by atoms with E-state index in [1.54, 1.807) is 13.0 Å². The van der Waals surface area contributed by atoms with Gasteiger partial charge in [0.05, 0.1) is 17.9 Å². The van der Waals surface area contributed by atoms with E-state index in [-0.39, 0.29) is 5.97 Å². The number of hydrogen-bond acceptors (Lipinski definition) is 4. The van der Waals surface area contributed by atoms with Gasteiger partial charge in [-0.3, -0.25) is 0 Å². The Morgan fingerprint density at radius 2 is 2.06 bits per heavy atom. The predicted octanol–water partition coefficient (Wildman–Crippen LogP) is 2.68. The number of benzene rings is 1. The normalized spacial score (nSPS) is 10.2. The highest BCUT2D eigenvalue weighted by atomic mass is 16.5. The summed E-state index contributed by atoms with van der Waals surface area (Å²) < 4.78 is 5.08. The molecule has 1 aromatic rings. The largest absolute Gasteiger partial charge is 0.462 e. The van der Waals surface area contributed by atoms with Gasteiger partial charge in [-0.25, -0.2) is 4.79 Å². The molecule has 0 atom stereocenters. The zero-order valence-corrected chi connectivity index (χ0v) is 11.4. The molecule has 4 nitrogen and oxygen atoms in total. The Morgan fingerprint density at radius 1 is 1.33 bits per heavy atom. The fraction of sp³-hybridized carbons (Fsp3) is 0.500. The second-order valence-corrected chi connectivity index (χ2v) is 4.08. The molecular formula is C14H22N2O2. The van der Waals surface area contributed by atoms with E-state index < -0.39 is 0 Å². The molecule has 0 aliphatic carbocycles. The number of carbonyl (C=O) groups excluding carboxylic acids is 1. The van der Waals surface area contributed by atoms with Crippen LogP contribution < -0.4 is 10.6 Å². The minimum absolute atomic E-state index is 0.311. The molecule has 0 radical (unpaired) electrons. The molecule has 0 amide bonds. The molecule has 1 aromatic carbocycles. The van der Waals surface area contributed by atoms with E-state index in [9.17, 15) is 4.79 Å². The number of ether oxygens (including phenoxy) is 1. The molecule has 2 N–H and O–H groups in total. The Labute approximate surface area is 109 Å². The molecule has 0 unspecified atom stereocenters. The van der Waals surface area contributed by atoms with Crippen LogP contribution in [0.15, 0.2) is 18.2 Å². The van der Waals surface area contributed by atoms with Gasteiger partial charge in [0.15, 0.2) is 0 Å². The smallest absolute Gasteiger partial charge is 0.340 e. The summed E-state index contributed by atoms with van der Waals surface area (Å²) in [5.41, 5.74) is 7.77. The highest BCUT2D eigenvalue weighted by molar-refractivity contribution is 5.97. The van der Waals surface area contributed by atoms with Gasteiger partial charge in [0.25, 0.3) is 0 Å². The number of anilines is 2. The van der Waals surface area contributed by atoms with Gasteiger partial charge >= 0.3 is 5.97 Å². The molecule has 18 heavy (non-hydrogen) atoms. The lowest BCUT2D eigenvalue weighted by Crippen LogP contribution is -2.26. The monoisotopic (exact) mass is 250 g/mol. The average Bonchev–Trinajstić information content (AvgIpc) is 2.36. The highest BCUT2D eigenvalue weighted by Crippen LogP contribution is 2.24. The topological polar surface area (TPSA) is 55.6 Å². The Bertz CT molecular complexity index is 405. The number of nitrogen functional groups attached to an aromatic ring is 1. The van der Waals surface area contributed by atoms with Crippen molar-refractivity contribution >= 4 is 17.3 Å². The van der Waals surface area contributed by atoms with Crippen LogP contribution in [0, 0.1) is 0 Å². The Kier molecular flexibility index (Phi) is 5.49. The Morgan fingerprint density at radius 3 is 2.61 bits per heavy atom. The van der Waals surface area contributed by atoms with E-state index in [0.29, 0.717) is 17.9 Å². The fourth-order valence-corrected chi connectivity index (χ4v) is 1.92. The summed E-state index contributed by atoms with van der Waals surface area (Å²) in [6, 6.07) is 5.39. The third-order valence-corrected chi connectivity index (χ3v) is 2.73. The van der Waals surface area contributed by atoms with Crippen LogP contribution in [0.3, 0.4) is 0 Å². The molecule has 4 heteroatoms. The summed E-state index contributed by atoms with van der Waals surface area (Å²) in [5, 5.41) is 0. The molecule has 0 heterocycles. The summed E-state index contributed by atoms with van der Waals surface area (Å²) in [4.78, 5) is 14.1. The van der Waals surface area contributed by atoms with Crippen LogP contribution in [0.4, 0.5) is 11.4 Å². The van der Waals surface area contributed by atoms with Crippen molar-refractivity contribution in [2.45, 2.75) is 27.2 Å². The lowest BCUT2D eigenvalue weighted by atomic mass is 10.1. The van der Waals surface area contributed by atoms with Crippen molar-refractivity contribution in [3.05, 3.63) is 23.8 Å². The first kappa shape index (κ1) is 14.4. The second kappa shape index (κ2) is 6.89. The third kappa shape index (κ3) is 3.39. The minimum Gasteiger partial charge on any atom is -0.462 e. The molecule has 0 aliphatic rings. The Balaban J connectivity index is 3.12. The van der Waals surface area contributed by atoms with Gasteiger partial charge in [-0.15, -0.1) is 0 Å². The van der Waals surface area contributed by atoms with Crippen molar-refractivity contribution in [1.82, 2.24) is 0 Å². The molecule has 0 saturated carbocycles. The zero-order chi connectivity index (χ0) is 13.5. The van der Waals surface area contributed by atoms with E-state index in [1.165, 1.54) is 0 Å². The van der Waals surface area contributed by atoms with Gasteiger partial charge in [-0.05, 0) is 38.5 Å². The molecule has 1 rings (SSSR count). The lowest BCUT2D eigenvalue weighted by molar-refractivity contribution is 0.0527. The lowest BCUT2D eigenvalue weighted by Gasteiger charge is -2.24. The van der Waals surface area contributed by atoms with E-state index in [1.807, 2.05) is 12.1 Å². The molecule has 100 valence electrons. The van der Waals surface area contributed by atoms with Crippen LogP contribution in [-0.2, 0) is 4.74 Å². The fourth-order valence-electron chi connectivity index (χ4n) is 1.92. The first-order chi connectivity index (χ1) is 8.63. The van der Waals surface area contributed by atoms with Crippen LogP contribution in [0.5, 0.6) is 0 Å². The summed E-state index contributed by atoms with van der Waals surface area (Å²) in [7, 11) is 0. The van der Waals surface area contributed by atoms with Gasteiger partial charge in [-0.2, -0.15) is 0 Å². The standard InChI is InChI=1S/C14H22N2O2/c1-4-9-16(5-2)13-8-7-11(15)10-12(13)14(17)18-6-3/h7-8,10H,4-6,9,15H2,1-3H3. The van der Waals surface area contributed by atoms with Gasteiger partial charge in [0, 0.05) is 18.8 Å². The highest BCUT2D eigenvalue weighted by Gasteiger charge is 2.16. The van der Waals surface area contributed by atoms with E-state index in [2.05, 4.69) is 18.7 Å². The van der Waals surface area contributed by atoms with E-state index in [0.717, 1.165) is 25.2 Å². The molecule has 0 aliphatic heterocycles. The summed E-state index contributed by atoms with van der Waals surface area (Å²) >= 11 is 0. The van der Waals surface area contributed by atoms with Crippen molar-refractivity contribution in [2.24, 2.45) is 0 Å². The summed E-state index contributed by atoms with van der Waals surface area (Å²) in [6.45, 7) is 8.11. The molecule has 0 fully saturated rings. The SMILES string of the molecule is CCCN(CC)c1ccc(N)cc1C(=O)OCC. The predicted molar refractivity (Wildman–Crippen MR) is 75.0 cm³/mol. The number of rotatable bonds is 6. The van der Waals surface area contributed by atoms with Crippen molar-refractivity contribution < 1.29 is 9.53 Å². The number of hydrogen-bond donors (Lipinski definition) is 1. The minimum atomic E-state index is -0.311. The van der Waals surface area contributed by atoms with E-state index >= 15 is 0 Å². The maximum absolute atomic E-state index is 11.9. The van der Waals surface area contributed by atoms with Crippen LogP contribution in [0.25, 0.3) is 0 Å². The number of nitrogens with two attached hydrogens (primary N) is 1. The maximum Gasteiger partial charge on any atom is 0.340 e.